The Labute approximate surface area is 121 Å². The van der Waals surface area contributed by atoms with E-state index in [0.717, 1.165) is 30.4 Å². The lowest BCUT2D eigenvalue weighted by atomic mass is 10.1. The largest absolute Gasteiger partial charge is 0.478 e. The lowest BCUT2D eigenvalue weighted by Crippen LogP contribution is -2.25. The van der Waals surface area contributed by atoms with Crippen LogP contribution in [0.1, 0.15) is 23.2 Å². The minimum atomic E-state index is -3.90. The second kappa shape index (κ2) is 6.02. The number of carbonyl (C=O) groups is 1. The van der Waals surface area contributed by atoms with Gasteiger partial charge in [0.1, 0.15) is 0 Å². The first-order valence-corrected chi connectivity index (χ1v) is 8.82. The van der Waals surface area contributed by atoms with Gasteiger partial charge in [-0.3, -0.25) is 0 Å². The van der Waals surface area contributed by atoms with E-state index in [1.165, 1.54) is 12.1 Å². The molecule has 8 heteroatoms. The van der Waals surface area contributed by atoms with Crippen molar-refractivity contribution < 1.29 is 18.3 Å². The molecule has 1 fully saturated rings. The molecule has 0 unspecified atom stereocenters. The third-order valence-electron chi connectivity index (χ3n) is 3.13. The number of hydrogen-bond donors (Lipinski definition) is 3. The van der Waals surface area contributed by atoms with Crippen molar-refractivity contribution in [2.75, 3.05) is 16.8 Å². The van der Waals surface area contributed by atoms with Gasteiger partial charge < -0.3 is 10.4 Å². The highest BCUT2D eigenvalue weighted by Crippen LogP contribution is 2.25. The van der Waals surface area contributed by atoms with Crippen molar-refractivity contribution in [3.8, 4) is 0 Å². The molecule has 1 saturated heterocycles. The second-order valence-electron chi connectivity index (χ2n) is 4.59. The Morgan fingerprint density at radius 2 is 2.00 bits per heavy atom. The summed E-state index contributed by atoms with van der Waals surface area (Å²) in [6.45, 7) is 0. The number of hydrogen-bond acceptors (Lipinski definition) is 5. The lowest BCUT2D eigenvalue weighted by Gasteiger charge is -2.24. The maximum absolute atomic E-state index is 11.3. The second-order valence-corrected chi connectivity index (χ2v) is 7.37. The fourth-order valence-electron chi connectivity index (χ4n) is 2.06. The van der Waals surface area contributed by atoms with Gasteiger partial charge in [0.05, 0.1) is 10.5 Å². The molecule has 4 N–H and O–H groups in total. The van der Waals surface area contributed by atoms with Gasteiger partial charge in [-0.15, -0.1) is 0 Å². The van der Waals surface area contributed by atoms with Crippen LogP contribution in [0.5, 0.6) is 0 Å². The number of primary sulfonamides is 1. The molecule has 0 bridgehead atoms. The maximum Gasteiger partial charge on any atom is 0.337 e. The van der Waals surface area contributed by atoms with Gasteiger partial charge in [-0.2, -0.15) is 11.8 Å². The molecule has 1 aromatic carbocycles. The van der Waals surface area contributed by atoms with Crippen LogP contribution < -0.4 is 10.5 Å². The molecule has 6 nitrogen and oxygen atoms in total. The molecule has 20 heavy (non-hydrogen) atoms. The van der Waals surface area contributed by atoms with Crippen molar-refractivity contribution in [3.63, 3.8) is 0 Å². The Morgan fingerprint density at radius 3 is 2.55 bits per heavy atom. The number of anilines is 1. The van der Waals surface area contributed by atoms with Gasteiger partial charge in [0.15, 0.2) is 0 Å². The molecule has 1 aliphatic heterocycles. The van der Waals surface area contributed by atoms with Crippen LogP contribution in [0.2, 0.25) is 0 Å². The standard InChI is InChI=1S/C12H16N2O4S2/c13-20(17,18)9-1-2-11(10(7-9)12(15)16)14-8-3-5-19-6-4-8/h1-2,7-8,14H,3-6H2,(H,15,16)(H2,13,17,18). The predicted octanol–water partition coefficient (Wildman–Crippen LogP) is 1.34. The predicted molar refractivity (Wildman–Crippen MR) is 78.7 cm³/mol. The van der Waals surface area contributed by atoms with E-state index in [9.17, 15) is 18.3 Å². The van der Waals surface area contributed by atoms with Gasteiger partial charge in [0.2, 0.25) is 10.0 Å². The summed E-state index contributed by atoms with van der Waals surface area (Å²) in [5, 5.41) is 17.4. The van der Waals surface area contributed by atoms with E-state index in [1.807, 2.05) is 11.8 Å². The molecule has 0 atom stereocenters. The molecule has 2 rings (SSSR count). The Morgan fingerprint density at radius 1 is 1.35 bits per heavy atom. The van der Waals surface area contributed by atoms with Crippen LogP contribution in [0.25, 0.3) is 0 Å². The van der Waals surface area contributed by atoms with Gasteiger partial charge >= 0.3 is 5.97 Å². The molecular weight excluding hydrogens is 300 g/mol. The number of rotatable bonds is 4. The zero-order valence-corrected chi connectivity index (χ0v) is 12.3. The van der Waals surface area contributed by atoms with Crippen LogP contribution in [-0.4, -0.2) is 37.0 Å². The first kappa shape index (κ1) is 15.1. The highest BCUT2D eigenvalue weighted by molar-refractivity contribution is 7.99. The molecule has 0 aliphatic carbocycles. The van der Waals surface area contributed by atoms with E-state index in [1.54, 1.807) is 0 Å². The minimum Gasteiger partial charge on any atom is -0.478 e. The van der Waals surface area contributed by atoms with Crippen molar-refractivity contribution in [1.82, 2.24) is 0 Å². The van der Waals surface area contributed by atoms with E-state index in [2.05, 4.69) is 5.32 Å². The van der Waals surface area contributed by atoms with Crippen LogP contribution in [0, 0.1) is 0 Å². The third-order valence-corrected chi connectivity index (χ3v) is 5.09. The molecule has 1 heterocycles. The summed E-state index contributed by atoms with van der Waals surface area (Å²) in [5.74, 6) is 0.896. The highest BCUT2D eigenvalue weighted by atomic mass is 32.2. The Balaban J connectivity index is 2.30. The zero-order chi connectivity index (χ0) is 14.8. The fraction of sp³-hybridized carbons (Fsp3) is 0.417. The van der Waals surface area contributed by atoms with Gasteiger partial charge in [0, 0.05) is 11.7 Å². The monoisotopic (exact) mass is 316 g/mol. The summed E-state index contributed by atoms with van der Waals surface area (Å²) in [6, 6.07) is 4.10. The Hall–Kier alpha value is -1.25. The minimum absolute atomic E-state index is 0.0743. The van der Waals surface area contributed by atoms with Crippen molar-refractivity contribution in [3.05, 3.63) is 23.8 Å². The summed E-state index contributed by atoms with van der Waals surface area (Å²) < 4.78 is 22.5. The average molecular weight is 316 g/mol. The van der Waals surface area contributed by atoms with E-state index in [0.29, 0.717) is 5.69 Å². The smallest absolute Gasteiger partial charge is 0.337 e. The number of carboxylic acid groups (broad SMARTS) is 1. The molecule has 110 valence electrons. The normalized spacial score (nSPS) is 16.9. The van der Waals surface area contributed by atoms with Crippen LogP contribution in [0.15, 0.2) is 23.1 Å². The quantitative estimate of drug-likeness (QED) is 0.773. The lowest BCUT2D eigenvalue weighted by molar-refractivity contribution is 0.0697. The average Bonchev–Trinajstić information content (AvgIpc) is 2.38. The molecule has 0 spiro atoms. The van der Waals surface area contributed by atoms with E-state index in [-0.39, 0.29) is 16.5 Å². The number of thioether (sulfide) groups is 1. The topological polar surface area (TPSA) is 109 Å². The number of aromatic carboxylic acids is 1. The molecular formula is C12H16N2O4S2. The first-order valence-electron chi connectivity index (χ1n) is 6.12. The van der Waals surface area contributed by atoms with Crippen molar-refractivity contribution >= 4 is 33.4 Å². The van der Waals surface area contributed by atoms with Crippen LogP contribution in [-0.2, 0) is 10.0 Å². The highest BCUT2D eigenvalue weighted by Gasteiger charge is 2.19. The molecule has 0 saturated carbocycles. The van der Waals surface area contributed by atoms with Gasteiger partial charge in [-0.1, -0.05) is 0 Å². The number of nitrogens with one attached hydrogen (secondary N) is 1. The van der Waals surface area contributed by atoms with Crippen LogP contribution in [0.4, 0.5) is 5.69 Å². The molecule has 0 amide bonds. The van der Waals surface area contributed by atoms with Gasteiger partial charge in [-0.05, 0) is 42.5 Å². The van der Waals surface area contributed by atoms with Crippen molar-refractivity contribution in [2.24, 2.45) is 5.14 Å². The molecule has 1 aromatic rings. The number of sulfonamides is 1. The third kappa shape index (κ3) is 3.65. The zero-order valence-electron chi connectivity index (χ0n) is 10.7. The molecule has 1 aliphatic rings. The van der Waals surface area contributed by atoms with E-state index < -0.39 is 16.0 Å². The molecule has 0 radical (unpaired) electrons. The molecule has 0 aromatic heterocycles. The number of carboxylic acids is 1. The van der Waals surface area contributed by atoms with Gasteiger partial charge in [-0.25, -0.2) is 18.4 Å². The Bertz CT molecular complexity index is 610. The van der Waals surface area contributed by atoms with Crippen molar-refractivity contribution in [1.29, 1.82) is 0 Å². The summed E-state index contributed by atoms with van der Waals surface area (Å²) in [7, 11) is -3.90. The number of nitrogens with two attached hydrogens (primary N) is 1. The fourth-order valence-corrected chi connectivity index (χ4v) is 3.71. The van der Waals surface area contributed by atoms with Crippen LogP contribution in [0.3, 0.4) is 0 Å². The summed E-state index contributed by atoms with van der Waals surface area (Å²) in [4.78, 5) is 11.1. The van der Waals surface area contributed by atoms with E-state index >= 15 is 0 Å². The number of benzene rings is 1. The summed E-state index contributed by atoms with van der Waals surface area (Å²) >= 11 is 1.87. The van der Waals surface area contributed by atoms with E-state index in [4.69, 9.17) is 5.14 Å². The van der Waals surface area contributed by atoms with Gasteiger partial charge in [0.25, 0.3) is 0 Å². The van der Waals surface area contributed by atoms with Crippen LogP contribution >= 0.6 is 11.8 Å². The SMILES string of the molecule is NS(=O)(=O)c1ccc(NC2CCSCC2)c(C(=O)O)c1. The first-order chi connectivity index (χ1) is 9.38. The maximum atomic E-state index is 11.3. The Kier molecular flexibility index (Phi) is 4.56. The summed E-state index contributed by atoms with van der Waals surface area (Å²) in [5.41, 5.74) is 0.358. The summed E-state index contributed by atoms with van der Waals surface area (Å²) in [6.07, 6.45) is 1.92. The van der Waals surface area contributed by atoms with Crippen molar-refractivity contribution in [2.45, 2.75) is 23.8 Å².